The number of amides is 1. The molecule has 74 valence electrons. The zero-order chi connectivity index (χ0) is 9.97. The number of nitrogens with one attached hydrogen (secondary N) is 1. The lowest BCUT2D eigenvalue weighted by molar-refractivity contribution is -0.122. The van der Waals surface area contributed by atoms with E-state index in [1.807, 2.05) is 12.1 Å². The van der Waals surface area contributed by atoms with E-state index in [0.29, 0.717) is 5.15 Å². The Balaban J connectivity index is 2.07. The third kappa shape index (κ3) is 2.04. The molecule has 1 amide bonds. The van der Waals surface area contributed by atoms with Crippen LogP contribution in [0, 0.1) is 5.92 Å². The van der Waals surface area contributed by atoms with Crippen molar-refractivity contribution in [2.24, 2.45) is 5.92 Å². The van der Waals surface area contributed by atoms with E-state index in [4.69, 9.17) is 11.6 Å². The second-order valence-electron chi connectivity index (χ2n) is 3.47. The highest BCUT2D eigenvalue weighted by Gasteiger charge is 2.23. The molecule has 4 heteroatoms. The van der Waals surface area contributed by atoms with Crippen molar-refractivity contribution < 1.29 is 4.79 Å². The minimum absolute atomic E-state index is 0.105. The Labute approximate surface area is 87.5 Å². The Morgan fingerprint density at radius 2 is 2.50 bits per heavy atom. The van der Waals surface area contributed by atoms with Crippen molar-refractivity contribution in [3.8, 4) is 0 Å². The van der Waals surface area contributed by atoms with Crippen molar-refractivity contribution in [3.63, 3.8) is 0 Å². The normalized spacial score (nSPS) is 20.9. The summed E-state index contributed by atoms with van der Waals surface area (Å²) < 4.78 is 0. The predicted molar refractivity (Wildman–Crippen MR) is 54.1 cm³/mol. The maximum atomic E-state index is 11.3. The van der Waals surface area contributed by atoms with Gasteiger partial charge in [-0.25, -0.2) is 4.98 Å². The number of nitrogens with zero attached hydrogens (tertiary/aromatic N) is 1. The summed E-state index contributed by atoms with van der Waals surface area (Å²) >= 11 is 5.76. The van der Waals surface area contributed by atoms with Gasteiger partial charge < -0.3 is 5.32 Å². The topological polar surface area (TPSA) is 42.0 Å². The Hall–Kier alpha value is -1.09. The van der Waals surface area contributed by atoms with Gasteiger partial charge in [0.05, 0.1) is 0 Å². The fourth-order valence-electron chi connectivity index (χ4n) is 1.69. The minimum atomic E-state index is 0.105. The average molecular weight is 211 g/mol. The first-order valence-electron chi connectivity index (χ1n) is 4.64. The summed E-state index contributed by atoms with van der Waals surface area (Å²) in [6.07, 6.45) is 3.34. The Kier molecular flexibility index (Phi) is 2.68. The monoisotopic (exact) mass is 210 g/mol. The number of halogens is 1. The number of pyridine rings is 1. The van der Waals surface area contributed by atoms with E-state index in [2.05, 4.69) is 10.3 Å². The molecule has 1 aliphatic heterocycles. The van der Waals surface area contributed by atoms with Crippen LogP contribution >= 0.6 is 11.6 Å². The van der Waals surface area contributed by atoms with E-state index < -0.39 is 0 Å². The van der Waals surface area contributed by atoms with Gasteiger partial charge >= 0.3 is 0 Å². The highest BCUT2D eigenvalue weighted by atomic mass is 35.5. The maximum Gasteiger partial charge on any atom is 0.223 e. The standard InChI is InChI=1S/C10H11ClN2O/c11-9-6-7(1-3-12-9)5-8-2-4-13-10(8)14/h1,3,6,8H,2,4-5H2,(H,13,14). The van der Waals surface area contributed by atoms with Crippen LogP contribution in [0.3, 0.4) is 0 Å². The van der Waals surface area contributed by atoms with Gasteiger partial charge in [-0.3, -0.25) is 4.79 Å². The number of carbonyl (C=O) groups excluding carboxylic acids is 1. The molecule has 1 fully saturated rings. The van der Waals surface area contributed by atoms with Crippen LogP contribution in [0.25, 0.3) is 0 Å². The molecule has 0 aromatic carbocycles. The smallest absolute Gasteiger partial charge is 0.223 e. The zero-order valence-electron chi connectivity index (χ0n) is 7.66. The molecule has 0 radical (unpaired) electrons. The van der Waals surface area contributed by atoms with Crippen LogP contribution in [-0.4, -0.2) is 17.4 Å². The largest absolute Gasteiger partial charge is 0.356 e. The quantitative estimate of drug-likeness (QED) is 0.751. The van der Waals surface area contributed by atoms with E-state index in [1.165, 1.54) is 0 Å². The van der Waals surface area contributed by atoms with Crippen LogP contribution in [0.4, 0.5) is 0 Å². The number of hydrogen-bond acceptors (Lipinski definition) is 2. The van der Waals surface area contributed by atoms with Crippen LogP contribution in [0.2, 0.25) is 5.15 Å². The van der Waals surface area contributed by atoms with Crippen molar-refractivity contribution >= 4 is 17.5 Å². The summed E-state index contributed by atoms with van der Waals surface area (Å²) in [5, 5.41) is 3.30. The summed E-state index contributed by atoms with van der Waals surface area (Å²) in [5.74, 6) is 0.256. The van der Waals surface area contributed by atoms with Crippen molar-refractivity contribution in [3.05, 3.63) is 29.0 Å². The number of rotatable bonds is 2. The van der Waals surface area contributed by atoms with E-state index in [1.54, 1.807) is 6.20 Å². The Bertz CT molecular complexity index is 354. The first-order valence-corrected chi connectivity index (χ1v) is 5.01. The van der Waals surface area contributed by atoms with Gasteiger partial charge in [-0.05, 0) is 30.5 Å². The first kappa shape index (κ1) is 9.46. The summed E-state index contributed by atoms with van der Waals surface area (Å²) in [6.45, 7) is 0.794. The molecule has 2 rings (SSSR count). The van der Waals surface area contributed by atoms with Crippen LogP contribution in [0.15, 0.2) is 18.3 Å². The van der Waals surface area contributed by atoms with Crippen molar-refractivity contribution in [1.29, 1.82) is 0 Å². The van der Waals surface area contributed by atoms with Gasteiger partial charge in [0.1, 0.15) is 5.15 Å². The van der Waals surface area contributed by atoms with Crippen molar-refractivity contribution in [1.82, 2.24) is 10.3 Å². The molecule has 0 spiro atoms. The molecule has 0 bridgehead atoms. The highest BCUT2D eigenvalue weighted by Crippen LogP contribution is 2.17. The lowest BCUT2D eigenvalue weighted by Crippen LogP contribution is -2.20. The third-order valence-electron chi connectivity index (χ3n) is 2.44. The first-order chi connectivity index (χ1) is 6.75. The van der Waals surface area contributed by atoms with E-state index in [-0.39, 0.29) is 11.8 Å². The van der Waals surface area contributed by atoms with Gasteiger partial charge in [-0.1, -0.05) is 11.6 Å². The fourth-order valence-corrected chi connectivity index (χ4v) is 1.89. The van der Waals surface area contributed by atoms with Gasteiger partial charge in [0.15, 0.2) is 0 Å². The van der Waals surface area contributed by atoms with Crippen molar-refractivity contribution in [2.45, 2.75) is 12.8 Å². The lowest BCUT2D eigenvalue weighted by Gasteiger charge is -2.06. The van der Waals surface area contributed by atoms with Gasteiger partial charge in [-0.15, -0.1) is 0 Å². The summed E-state index contributed by atoms with van der Waals surface area (Å²) in [5.41, 5.74) is 1.08. The maximum absolute atomic E-state index is 11.3. The van der Waals surface area contributed by atoms with Crippen molar-refractivity contribution in [2.75, 3.05) is 6.54 Å². The molecule has 1 aliphatic rings. The molecule has 1 unspecified atom stereocenters. The molecule has 1 aromatic heterocycles. The Morgan fingerprint density at radius 1 is 1.64 bits per heavy atom. The zero-order valence-corrected chi connectivity index (χ0v) is 8.42. The lowest BCUT2D eigenvalue weighted by atomic mass is 9.99. The molecule has 1 N–H and O–H groups in total. The fraction of sp³-hybridized carbons (Fsp3) is 0.400. The van der Waals surface area contributed by atoms with Crippen LogP contribution in [0.5, 0.6) is 0 Å². The van der Waals surface area contributed by atoms with Gasteiger partial charge in [0.2, 0.25) is 5.91 Å². The molecule has 1 saturated heterocycles. The van der Waals surface area contributed by atoms with Crippen LogP contribution in [0.1, 0.15) is 12.0 Å². The molecule has 14 heavy (non-hydrogen) atoms. The second-order valence-corrected chi connectivity index (χ2v) is 3.85. The number of hydrogen-bond donors (Lipinski definition) is 1. The average Bonchev–Trinajstić information content (AvgIpc) is 2.52. The molecule has 3 nitrogen and oxygen atoms in total. The molecule has 0 aliphatic carbocycles. The van der Waals surface area contributed by atoms with Crippen LogP contribution in [-0.2, 0) is 11.2 Å². The molecule has 2 heterocycles. The predicted octanol–water partition coefficient (Wildman–Crippen LogP) is 1.41. The second kappa shape index (κ2) is 3.96. The number of aromatic nitrogens is 1. The minimum Gasteiger partial charge on any atom is -0.356 e. The summed E-state index contributed by atoms with van der Waals surface area (Å²) in [7, 11) is 0. The number of carbonyl (C=O) groups is 1. The Morgan fingerprint density at radius 3 is 3.14 bits per heavy atom. The van der Waals surface area contributed by atoms with E-state index >= 15 is 0 Å². The van der Waals surface area contributed by atoms with Gasteiger partial charge in [-0.2, -0.15) is 0 Å². The van der Waals surface area contributed by atoms with Crippen LogP contribution < -0.4 is 5.32 Å². The molecular weight excluding hydrogens is 200 g/mol. The van der Waals surface area contributed by atoms with Gasteiger partial charge in [0.25, 0.3) is 0 Å². The van der Waals surface area contributed by atoms with E-state index in [0.717, 1.165) is 24.9 Å². The summed E-state index contributed by atoms with van der Waals surface area (Å²) in [6, 6.07) is 3.71. The molecule has 0 saturated carbocycles. The summed E-state index contributed by atoms with van der Waals surface area (Å²) in [4.78, 5) is 15.2. The third-order valence-corrected chi connectivity index (χ3v) is 2.64. The molecule has 1 aromatic rings. The SMILES string of the molecule is O=C1NCCC1Cc1ccnc(Cl)c1. The molecular formula is C10H11ClN2O. The molecule has 1 atom stereocenters. The van der Waals surface area contributed by atoms with E-state index in [9.17, 15) is 4.79 Å². The van der Waals surface area contributed by atoms with Gasteiger partial charge in [0, 0.05) is 18.7 Å². The highest BCUT2D eigenvalue weighted by molar-refractivity contribution is 6.29.